The number of amides is 1. The zero-order valence-electron chi connectivity index (χ0n) is 20.8. The molecule has 5 rings (SSSR count). The molecular formula is C26H39N7O. The second-order valence-electron chi connectivity index (χ2n) is 10.3. The Morgan fingerprint density at radius 3 is 2.65 bits per heavy atom. The van der Waals surface area contributed by atoms with Gasteiger partial charge >= 0.3 is 0 Å². The number of hydrogen-bond donors (Lipinski definition) is 1. The van der Waals surface area contributed by atoms with Crippen molar-refractivity contribution in [1.82, 2.24) is 24.4 Å². The van der Waals surface area contributed by atoms with Crippen molar-refractivity contribution >= 4 is 17.5 Å². The van der Waals surface area contributed by atoms with Crippen LogP contribution >= 0.6 is 0 Å². The lowest BCUT2D eigenvalue weighted by Gasteiger charge is -2.35. The lowest BCUT2D eigenvalue weighted by atomic mass is 9.92. The van der Waals surface area contributed by atoms with E-state index in [1.807, 2.05) is 0 Å². The van der Waals surface area contributed by atoms with Crippen LogP contribution in [0.2, 0.25) is 0 Å². The molecule has 2 fully saturated rings. The van der Waals surface area contributed by atoms with E-state index >= 15 is 0 Å². The largest absolute Gasteiger partial charge is 0.356 e. The Labute approximate surface area is 203 Å². The quantitative estimate of drug-likeness (QED) is 0.636. The summed E-state index contributed by atoms with van der Waals surface area (Å²) in [4.78, 5) is 31.1. The Hall–Kier alpha value is -2.48. The third-order valence-electron chi connectivity index (χ3n) is 7.76. The standard InChI is InChI=1S/C26H39N7O/c1-3-4-7-21-17-33(15-14-31-10-5-6-11-31)25(29-21)20-8-12-32(13-9-20)26-23-19(2)16-22(34)30-24(23)27-18-28-26/h17-20H,3-16H2,1-2H3,(H,27,28,30,34)/t19-/m1/s1. The smallest absolute Gasteiger partial charge is 0.226 e. The van der Waals surface area contributed by atoms with Crippen molar-refractivity contribution in [2.75, 3.05) is 42.9 Å². The maximum Gasteiger partial charge on any atom is 0.226 e. The topological polar surface area (TPSA) is 79.2 Å². The van der Waals surface area contributed by atoms with Gasteiger partial charge in [-0.15, -0.1) is 0 Å². The van der Waals surface area contributed by atoms with Gasteiger partial charge in [0.1, 0.15) is 23.8 Å². The first-order chi connectivity index (χ1) is 16.6. The van der Waals surface area contributed by atoms with Crippen molar-refractivity contribution in [3.63, 3.8) is 0 Å². The third-order valence-corrected chi connectivity index (χ3v) is 7.76. The van der Waals surface area contributed by atoms with Crippen molar-refractivity contribution < 1.29 is 4.79 Å². The summed E-state index contributed by atoms with van der Waals surface area (Å²) in [7, 11) is 0. The van der Waals surface area contributed by atoms with Crippen LogP contribution in [0.1, 0.15) is 87.7 Å². The Bertz CT molecular complexity index is 989. The van der Waals surface area contributed by atoms with Gasteiger partial charge < -0.3 is 19.7 Å². The Morgan fingerprint density at radius 2 is 1.88 bits per heavy atom. The predicted octanol–water partition coefficient (Wildman–Crippen LogP) is 3.94. The molecule has 34 heavy (non-hydrogen) atoms. The van der Waals surface area contributed by atoms with Crippen LogP contribution in [-0.4, -0.2) is 63.0 Å². The highest BCUT2D eigenvalue weighted by molar-refractivity contribution is 5.94. The Balaban J connectivity index is 1.29. The van der Waals surface area contributed by atoms with Crippen LogP contribution in [0.25, 0.3) is 0 Å². The molecule has 0 saturated carbocycles. The molecular weight excluding hydrogens is 426 g/mol. The van der Waals surface area contributed by atoms with Crippen molar-refractivity contribution in [1.29, 1.82) is 0 Å². The number of imidazole rings is 1. The molecule has 2 aromatic heterocycles. The SMILES string of the molecule is CCCCc1cn(CCN2CCCC2)c(C2CCN(c3ncnc4c3[C@H](C)CC(=O)N4)CC2)n1. The minimum atomic E-state index is 0.0444. The van der Waals surface area contributed by atoms with Gasteiger partial charge in [-0.1, -0.05) is 20.3 Å². The number of nitrogens with zero attached hydrogens (tertiary/aromatic N) is 6. The second-order valence-corrected chi connectivity index (χ2v) is 10.3. The minimum absolute atomic E-state index is 0.0444. The normalized spacial score (nSPS) is 21.6. The van der Waals surface area contributed by atoms with Crippen molar-refractivity contribution in [2.45, 2.75) is 83.6 Å². The number of anilines is 2. The Morgan fingerprint density at radius 1 is 1.09 bits per heavy atom. The molecule has 0 unspecified atom stereocenters. The molecule has 0 bridgehead atoms. The Kier molecular flexibility index (Phi) is 7.13. The number of piperidine rings is 1. The molecule has 8 heteroatoms. The van der Waals surface area contributed by atoms with E-state index in [2.05, 4.69) is 49.7 Å². The zero-order valence-corrected chi connectivity index (χ0v) is 20.8. The fourth-order valence-electron chi connectivity index (χ4n) is 5.83. The molecule has 1 N–H and O–H groups in total. The van der Waals surface area contributed by atoms with Crippen LogP contribution < -0.4 is 10.2 Å². The molecule has 0 radical (unpaired) electrons. The van der Waals surface area contributed by atoms with E-state index in [-0.39, 0.29) is 11.8 Å². The summed E-state index contributed by atoms with van der Waals surface area (Å²) in [6.07, 6.45) is 12.7. The van der Waals surface area contributed by atoms with E-state index in [1.54, 1.807) is 6.33 Å². The molecule has 1 atom stereocenters. The van der Waals surface area contributed by atoms with Gasteiger partial charge in [0.25, 0.3) is 0 Å². The predicted molar refractivity (Wildman–Crippen MR) is 134 cm³/mol. The van der Waals surface area contributed by atoms with Gasteiger partial charge in [-0.05, 0) is 57.5 Å². The molecule has 3 aliphatic heterocycles. The van der Waals surface area contributed by atoms with E-state index in [9.17, 15) is 4.79 Å². The van der Waals surface area contributed by atoms with Crippen molar-refractivity contribution in [3.8, 4) is 0 Å². The number of rotatable bonds is 8. The number of unbranched alkanes of at least 4 members (excludes halogenated alkanes) is 1. The molecule has 184 valence electrons. The molecule has 2 saturated heterocycles. The van der Waals surface area contributed by atoms with Gasteiger partial charge in [0.05, 0.1) is 5.69 Å². The first-order valence-electron chi connectivity index (χ1n) is 13.3. The van der Waals surface area contributed by atoms with Gasteiger partial charge in [-0.25, -0.2) is 15.0 Å². The molecule has 8 nitrogen and oxygen atoms in total. The van der Waals surface area contributed by atoms with Crippen LogP contribution in [0.4, 0.5) is 11.6 Å². The van der Waals surface area contributed by atoms with E-state index < -0.39 is 0 Å². The first-order valence-corrected chi connectivity index (χ1v) is 13.3. The highest BCUT2D eigenvalue weighted by Crippen LogP contribution is 2.38. The summed E-state index contributed by atoms with van der Waals surface area (Å²) < 4.78 is 2.47. The average Bonchev–Trinajstić information content (AvgIpc) is 3.51. The molecule has 2 aromatic rings. The maximum absolute atomic E-state index is 12.0. The van der Waals surface area contributed by atoms with Crippen molar-refractivity contribution in [3.05, 3.63) is 29.6 Å². The highest BCUT2D eigenvalue weighted by atomic mass is 16.1. The summed E-state index contributed by atoms with van der Waals surface area (Å²) in [5.74, 6) is 3.65. The molecule has 0 aromatic carbocycles. The number of fused-ring (bicyclic) bond motifs is 1. The van der Waals surface area contributed by atoms with E-state index in [4.69, 9.17) is 4.98 Å². The highest BCUT2D eigenvalue weighted by Gasteiger charge is 2.31. The van der Waals surface area contributed by atoms with Gasteiger partial charge in [0.2, 0.25) is 5.91 Å². The van der Waals surface area contributed by atoms with Crippen LogP contribution in [-0.2, 0) is 17.8 Å². The van der Waals surface area contributed by atoms with Crippen LogP contribution in [0.3, 0.4) is 0 Å². The maximum atomic E-state index is 12.0. The second kappa shape index (κ2) is 10.4. The third kappa shape index (κ3) is 4.97. The number of carbonyl (C=O) groups excluding carboxylic acids is 1. The fraction of sp³-hybridized carbons (Fsp3) is 0.692. The minimum Gasteiger partial charge on any atom is -0.356 e. The fourth-order valence-corrected chi connectivity index (χ4v) is 5.83. The molecule has 3 aliphatic rings. The van der Waals surface area contributed by atoms with Gasteiger partial charge in [-0.3, -0.25) is 4.79 Å². The van der Waals surface area contributed by atoms with Gasteiger partial charge in [-0.2, -0.15) is 0 Å². The average molecular weight is 466 g/mol. The summed E-state index contributed by atoms with van der Waals surface area (Å²) in [6.45, 7) is 10.9. The molecule has 0 aliphatic carbocycles. The zero-order chi connectivity index (χ0) is 23.5. The van der Waals surface area contributed by atoms with Gasteiger partial charge in [0.15, 0.2) is 0 Å². The van der Waals surface area contributed by atoms with Crippen LogP contribution in [0, 0.1) is 0 Å². The summed E-state index contributed by atoms with van der Waals surface area (Å²) in [5.41, 5.74) is 2.35. The number of likely N-dealkylation sites (tertiary alicyclic amines) is 1. The van der Waals surface area contributed by atoms with E-state index in [0.29, 0.717) is 18.2 Å². The lowest BCUT2D eigenvalue weighted by molar-refractivity contribution is -0.116. The van der Waals surface area contributed by atoms with Crippen molar-refractivity contribution in [2.24, 2.45) is 0 Å². The van der Waals surface area contributed by atoms with Crippen LogP contribution in [0.5, 0.6) is 0 Å². The first kappa shape index (κ1) is 23.3. The number of aryl methyl sites for hydroxylation is 1. The lowest BCUT2D eigenvalue weighted by Crippen LogP contribution is -2.36. The molecule has 0 spiro atoms. The summed E-state index contributed by atoms with van der Waals surface area (Å²) >= 11 is 0. The summed E-state index contributed by atoms with van der Waals surface area (Å²) in [5, 5.41) is 2.93. The number of carbonyl (C=O) groups is 1. The van der Waals surface area contributed by atoms with E-state index in [1.165, 1.54) is 50.3 Å². The van der Waals surface area contributed by atoms with Gasteiger partial charge in [0, 0.05) is 50.3 Å². The molecule has 5 heterocycles. The number of aromatic nitrogens is 4. The molecule has 1 amide bonds. The number of nitrogens with one attached hydrogen (secondary N) is 1. The number of hydrogen-bond acceptors (Lipinski definition) is 6. The van der Waals surface area contributed by atoms with Crippen LogP contribution in [0.15, 0.2) is 12.5 Å². The monoisotopic (exact) mass is 465 g/mol. The summed E-state index contributed by atoms with van der Waals surface area (Å²) in [6, 6.07) is 0. The van der Waals surface area contributed by atoms with E-state index in [0.717, 1.165) is 56.8 Å².